The Balaban J connectivity index is 1.56. The molecule has 20 heavy (non-hydrogen) atoms. The van der Waals surface area contributed by atoms with Crippen molar-refractivity contribution in [2.24, 2.45) is 23.7 Å². The maximum atomic E-state index is 12.5. The second-order valence-electron chi connectivity index (χ2n) is 5.92. The van der Waals surface area contributed by atoms with Crippen molar-refractivity contribution in [2.45, 2.75) is 18.9 Å². The molecule has 5 atom stereocenters. The van der Waals surface area contributed by atoms with Gasteiger partial charge in [-0.05, 0) is 37.0 Å². The molecule has 2 aliphatic carbocycles. The lowest BCUT2D eigenvalue weighted by Gasteiger charge is -2.23. The van der Waals surface area contributed by atoms with Crippen LogP contribution in [0.5, 0.6) is 0 Å². The number of benzene rings is 1. The molecule has 1 aliphatic heterocycles. The molecule has 1 heterocycles. The fraction of sp³-hybridized carbons (Fsp3) is 0.467. The summed E-state index contributed by atoms with van der Waals surface area (Å²) in [6.07, 6.45) is 1.84. The third kappa shape index (κ3) is 1.67. The average molecular weight is 292 g/mol. The van der Waals surface area contributed by atoms with E-state index in [0.29, 0.717) is 10.7 Å². The Labute approximate surface area is 121 Å². The minimum atomic E-state index is -0.245. The summed E-state index contributed by atoms with van der Waals surface area (Å²) in [5.41, 5.74) is 0.674. The van der Waals surface area contributed by atoms with Crippen LogP contribution in [-0.2, 0) is 14.3 Å². The lowest BCUT2D eigenvalue weighted by molar-refractivity contribution is -0.145. The zero-order chi connectivity index (χ0) is 13.9. The van der Waals surface area contributed by atoms with Crippen LogP contribution in [0, 0.1) is 23.7 Å². The number of nitrogens with one attached hydrogen (secondary N) is 1. The molecule has 2 bridgehead atoms. The second kappa shape index (κ2) is 4.22. The van der Waals surface area contributed by atoms with E-state index in [9.17, 15) is 9.59 Å². The number of halogens is 1. The van der Waals surface area contributed by atoms with Gasteiger partial charge in [-0.25, -0.2) is 0 Å². The molecule has 1 amide bonds. The summed E-state index contributed by atoms with van der Waals surface area (Å²) in [5.74, 6) is -0.222. The van der Waals surface area contributed by atoms with Crippen molar-refractivity contribution in [3.63, 3.8) is 0 Å². The van der Waals surface area contributed by atoms with Crippen molar-refractivity contribution < 1.29 is 14.3 Å². The molecule has 104 valence electrons. The summed E-state index contributed by atoms with van der Waals surface area (Å²) in [6.45, 7) is 0. The minimum absolute atomic E-state index is 0.0627. The number of hydrogen-bond acceptors (Lipinski definition) is 3. The molecule has 0 radical (unpaired) electrons. The van der Waals surface area contributed by atoms with Gasteiger partial charge in [0.2, 0.25) is 5.91 Å². The fourth-order valence-electron chi connectivity index (χ4n) is 4.16. The Kier molecular flexibility index (Phi) is 2.58. The SMILES string of the molecule is O=C(Nc1cccc(Cl)c1)[C@@H]1[C@@H]2C[C@@H]3[C@H]1C(=O)O[C@@H]3C2. The number of amides is 1. The largest absolute Gasteiger partial charge is 0.462 e. The molecule has 3 aliphatic rings. The van der Waals surface area contributed by atoms with Crippen LogP contribution < -0.4 is 5.32 Å². The Morgan fingerprint density at radius 2 is 2.20 bits per heavy atom. The molecule has 1 N–H and O–H groups in total. The molecule has 0 spiro atoms. The highest BCUT2D eigenvalue weighted by Crippen LogP contribution is 2.57. The lowest BCUT2D eigenvalue weighted by atomic mass is 9.79. The number of hydrogen-bond donors (Lipinski definition) is 1. The van der Waals surface area contributed by atoms with Crippen LogP contribution in [0.1, 0.15) is 12.8 Å². The van der Waals surface area contributed by atoms with Crippen LogP contribution in [-0.4, -0.2) is 18.0 Å². The van der Waals surface area contributed by atoms with E-state index >= 15 is 0 Å². The Hall–Kier alpha value is -1.55. The van der Waals surface area contributed by atoms with Gasteiger partial charge in [0.15, 0.2) is 0 Å². The topological polar surface area (TPSA) is 55.4 Å². The van der Waals surface area contributed by atoms with Crippen LogP contribution in [0.15, 0.2) is 24.3 Å². The molecule has 5 heteroatoms. The molecule has 1 aromatic rings. The van der Waals surface area contributed by atoms with E-state index in [2.05, 4.69) is 5.32 Å². The summed E-state index contributed by atoms with van der Waals surface area (Å²) in [7, 11) is 0. The summed E-state index contributed by atoms with van der Waals surface area (Å²) in [5, 5.41) is 3.46. The van der Waals surface area contributed by atoms with E-state index in [4.69, 9.17) is 16.3 Å². The van der Waals surface area contributed by atoms with Crippen LogP contribution in [0.2, 0.25) is 5.02 Å². The maximum Gasteiger partial charge on any atom is 0.310 e. The third-order valence-corrected chi connectivity index (χ3v) is 5.11. The van der Waals surface area contributed by atoms with Crippen molar-refractivity contribution in [3.05, 3.63) is 29.3 Å². The first-order valence-corrected chi connectivity index (χ1v) is 7.28. The van der Waals surface area contributed by atoms with Gasteiger partial charge in [-0.3, -0.25) is 9.59 Å². The molecular formula is C15H14ClNO3. The second-order valence-corrected chi connectivity index (χ2v) is 6.36. The molecule has 3 fully saturated rings. The van der Waals surface area contributed by atoms with Crippen molar-refractivity contribution in [3.8, 4) is 0 Å². The van der Waals surface area contributed by atoms with Crippen molar-refractivity contribution in [1.82, 2.24) is 0 Å². The van der Waals surface area contributed by atoms with Crippen molar-refractivity contribution >= 4 is 29.2 Å². The normalized spacial score (nSPS) is 37.0. The average Bonchev–Trinajstić information content (AvgIpc) is 2.99. The maximum absolute atomic E-state index is 12.5. The first kappa shape index (κ1) is 12.2. The number of anilines is 1. The zero-order valence-electron chi connectivity index (χ0n) is 10.7. The lowest BCUT2D eigenvalue weighted by Crippen LogP contribution is -2.35. The quantitative estimate of drug-likeness (QED) is 0.852. The summed E-state index contributed by atoms with van der Waals surface area (Å²) < 4.78 is 5.35. The van der Waals surface area contributed by atoms with Gasteiger partial charge in [0, 0.05) is 16.6 Å². The van der Waals surface area contributed by atoms with Gasteiger partial charge >= 0.3 is 5.97 Å². The molecule has 0 aromatic heterocycles. The molecule has 0 unspecified atom stereocenters. The van der Waals surface area contributed by atoms with E-state index in [0.717, 1.165) is 12.8 Å². The van der Waals surface area contributed by atoms with Gasteiger partial charge in [-0.1, -0.05) is 17.7 Å². The summed E-state index contributed by atoms with van der Waals surface area (Å²) >= 11 is 5.91. The predicted octanol–water partition coefficient (Wildman–Crippen LogP) is 2.48. The van der Waals surface area contributed by atoms with Gasteiger partial charge < -0.3 is 10.1 Å². The number of fused-ring (bicyclic) bond motifs is 1. The minimum Gasteiger partial charge on any atom is -0.462 e. The van der Waals surface area contributed by atoms with Crippen LogP contribution in [0.4, 0.5) is 5.69 Å². The molecule has 2 saturated carbocycles. The standard InChI is InChI=1S/C15H14ClNO3/c16-8-2-1-3-9(6-8)17-14(18)12-7-4-10-11(5-7)20-15(19)13(10)12/h1-3,6-7,10-13H,4-5H2,(H,17,18)/t7-,10+,11-,12-,13-/m1/s1. The van der Waals surface area contributed by atoms with Crippen LogP contribution in [0.3, 0.4) is 0 Å². The highest BCUT2D eigenvalue weighted by molar-refractivity contribution is 6.30. The van der Waals surface area contributed by atoms with E-state index in [1.807, 2.05) is 0 Å². The van der Waals surface area contributed by atoms with Crippen molar-refractivity contribution in [1.29, 1.82) is 0 Å². The van der Waals surface area contributed by atoms with Gasteiger partial charge in [0.1, 0.15) is 6.10 Å². The van der Waals surface area contributed by atoms with Crippen LogP contribution >= 0.6 is 11.6 Å². The number of carbonyl (C=O) groups excluding carboxylic acids is 2. The smallest absolute Gasteiger partial charge is 0.310 e. The van der Waals surface area contributed by atoms with E-state index in [1.54, 1.807) is 24.3 Å². The van der Waals surface area contributed by atoms with E-state index < -0.39 is 0 Å². The van der Waals surface area contributed by atoms with Crippen LogP contribution in [0.25, 0.3) is 0 Å². The van der Waals surface area contributed by atoms with E-state index in [-0.39, 0.29) is 41.7 Å². The zero-order valence-corrected chi connectivity index (χ0v) is 11.5. The number of carbonyl (C=O) groups is 2. The molecule has 1 aromatic carbocycles. The molecule has 1 saturated heterocycles. The van der Waals surface area contributed by atoms with E-state index in [1.165, 1.54) is 0 Å². The number of ether oxygens (including phenoxy) is 1. The third-order valence-electron chi connectivity index (χ3n) is 4.88. The first-order valence-electron chi connectivity index (χ1n) is 6.90. The predicted molar refractivity (Wildman–Crippen MR) is 73.2 cm³/mol. The highest BCUT2D eigenvalue weighted by atomic mass is 35.5. The summed E-state index contributed by atoms with van der Waals surface area (Å²) in [4.78, 5) is 24.4. The molecular weight excluding hydrogens is 278 g/mol. The van der Waals surface area contributed by atoms with Gasteiger partial charge in [-0.2, -0.15) is 0 Å². The molecule has 4 rings (SSSR count). The van der Waals surface area contributed by atoms with Gasteiger partial charge in [0.25, 0.3) is 0 Å². The summed E-state index contributed by atoms with van der Waals surface area (Å²) in [6, 6.07) is 7.06. The number of rotatable bonds is 2. The Bertz CT molecular complexity index is 601. The first-order chi connectivity index (χ1) is 9.63. The fourth-order valence-corrected chi connectivity index (χ4v) is 4.35. The number of esters is 1. The monoisotopic (exact) mass is 291 g/mol. The van der Waals surface area contributed by atoms with Crippen molar-refractivity contribution in [2.75, 3.05) is 5.32 Å². The highest BCUT2D eigenvalue weighted by Gasteiger charge is 2.63. The van der Waals surface area contributed by atoms with Gasteiger partial charge in [0.05, 0.1) is 11.8 Å². The Morgan fingerprint density at radius 1 is 1.35 bits per heavy atom. The molecule has 4 nitrogen and oxygen atoms in total. The van der Waals surface area contributed by atoms with Gasteiger partial charge in [-0.15, -0.1) is 0 Å². The Morgan fingerprint density at radius 3 is 3.00 bits per heavy atom.